The minimum atomic E-state index is 0.462. The quantitative estimate of drug-likeness (QED) is 0.827. The number of fused-ring (bicyclic) bond motifs is 1. The minimum absolute atomic E-state index is 0.462. The Hall–Kier alpha value is -0.820. The zero-order chi connectivity index (χ0) is 12.0. The molecule has 2 aliphatic rings. The topological polar surface area (TPSA) is 26.0 Å². The molecule has 92 valence electrons. The molecule has 0 saturated heterocycles. The smallest absolute Gasteiger partial charge is 0.00406 e. The molecular formula is C16H23N. The standard InChI is InChI=1S/C16H23N/c1-16(2)14(10-17)15(16)13-9-5-7-11-6-3-4-8-12(11)13/h3-4,6,8,13-15H,5,7,9-10,17H2,1-2H3. The first kappa shape index (κ1) is 11.3. The molecule has 0 bridgehead atoms. The SMILES string of the molecule is CC1(C)C(CN)C1C1CCCc2ccccc21. The molecule has 1 aromatic rings. The number of hydrogen-bond acceptors (Lipinski definition) is 1. The first-order valence-corrected chi connectivity index (χ1v) is 6.94. The van der Waals surface area contributed by atoms with E-state index in [1.54, 1.807) is 11.1 Å². The van der Waals surface area contributed by atoms with Crippen LogP contribution in [0.1, 0.15) is 43.7 Å². The summed E-state index contributed by atoms with van der Waals surface area (Å²) in [6.07, 6.45) is 3.99. The van der Waals surface area contributed by atoms with Gasteiger partial charge in [-0.05, 0) is 60.1 Å². The lowest BCUT2D eigenvalue weighted by Gasteiger charge is -2.27. The van der Waals surface area contributed by atoms with Gasteiger partial charge in [-0.3, -0.25) is 0 Å². The molecule has 1 fully saturated rings. The van der Waals surface area contributed by atoms with Gasteiger partial charge in [0.15, 0.2) is 0 Å². The average Bonchev–Trinajstić information content (AvgIpc) is 2.90. The minimum Gasteiger partial charge on any atom is -0.330 e. The van der Waals surface area contributed by atoms with Gasteiger partial charge in [-0.15, -0.1) is 0 Å². The molecule has 1 heteroatoms. The molecule has 0 aromatic heterocycles. The number of hydrogen-bond donors (Lipinski definition) is 1. The van der Waals surface area contributed by atoms with E-state index in [4.69, 9.17) is 5.73 Å². The summed E-state index contributed by atoms with van der Waals surface area (Å²) in [7, 11) is 0. The lowest BCUT2D eigenvalue weighted by atomic mass is 9.78. The van der Waals surface area contributed by atoms with Crippen LogP contribution in [0.5, 0.6) is 0 Å². The highest BCUT2D eigenvalue weighted by Gasteiger charge is 2.59. The molecule has 1 saturated carbocycles. The maximum atomic E-state index is 5.93. The zero-order valence-electron chi connectivity index (χ0n) is 10.9. The monoisotopic (exact) mass is 229 g/mol. The normalized spacial score (nSPS) is 34.2. The fourth-order valence-corrected chi connectivity index (χ4v) is 4.20. The molecule has 0 spiro atoms. The van der Waals surface area contributed by atoms with Crippen molar-refractivity contribution in [1.82, 2.24) is 0 Å². The Labute approximate surface area is 104 Å². The number of benzene rings is 1. The summed E-state index contributed by atoms with van der Waals surface area (Å²) in [6, 6.07) is 9.04. The van der Waals surface area contributed by atoms with Crippen LogP contribution >= 0.6 is 0 Å². The molecule has 2 N–H and O–H groups in total. The summed E-state index contributed by atoms with van der Waals surface area (Å²) < 4.78 is 0. The van der Waals surface area contributed by atoms with Crippen LogP contribution in [0, 0.1) is 17.3 Å². The first-order chi connectivity index (χ1) is 8.16. The Morgan fingerprint density at radius 1 is 1.29 bits per heavy atom. The van der Waals surface area contributed by atoms with Crippen LogP contribution in [-0.2, 0) is 6.42 Å². The van der Waals surface area contributed by atoms with E-state index in [-0.39, 0.29) is 0 Å². The molecule has 0 aliphatic heterocycles. The van der Waals surface area contributed by atoms with Crippen molar-refractivity contribution in [3.63, 3.8) is 0 Å². The third kappa shape index (κ3) is 1.63. The second kappa shape index (κ2) is 3.84. The molecule has 3 unspecified atom stereocenters. The third-order valence-corrected chi connectivity index (χ3v) is 5.24. The van der Waals surface area contributed by atoms with E-state index >= 15 is 0 Å². The Morgan fingerprint density at radius 3 is 2.76 bits per heavy atom. The summed E-state index contributed by atoms with van der Waals surface area (Å²) in [5.41, 5.74) is 9.59. The molecule has 3 rings (SSSR count). The van der Waals surface area contributed by atoms with Crippen LogP contribution in [0.15, 0.2) is 24.3 Å². The highest BCUT2D eigenvalue weighted by molar-refractivity contribution is 5.35. The molecule has 1 nitrogen and oxygen atoms in total. The van der Waals surface area contributed by atoms with E-state index in [0.717, 1.165) is 24.3 Å². The second-order valence-electron chi connectivity index (χ2n) is 6.39. The first-order valence-electron chi connectivity index (χ1n) is 6.94. The molecular weight excluding hydrogens is 206 g/mol. The predicted octanol–water partition coefficient (Wildman–Crippen LogP) is 3.34. The Bertz CT molecular complexity index is 421. The lowest BCUT2D eigenvalue weighted by Crippen LogP contribution is -2.14. The highest BCUT2D eigenvalue weighted by Crippen LogP contribution is 2.65. The maximum Gasteiger partial charge on any atom is -0.00406 e. The Balaban J connectivity index is 1.92. The summed E-state index contributed by atoms with van der Waals surface area (Å²) in [5.74, 6) is 2.32. The number of nitrogens with two attached hydrogens (primary N) is 1. The van der Waals surface area contributed by atoms with E-state index in [9.17, 15) is 0 Å². The third-order valence-electron chi connectivity index (χ3n) is 5.24. The molecule has 3 atom stereocenters. The van der Waals surface area contributed by atoms with Gasteiger partial charge in [0.2, 0.25) is 0 Å². The lowest BCUT2D eigenvalue weighted by molar-refractivity contribution is 0.433. The summed E-state index contributed by atoms with van der Waals surface area (Å²) in [6.45, 7) is 5.65. The predicted molar refractivity (Wildman–Crippen MR) is 71.9 cm³/mol. The molecule has 0 heterocycles. The van der Waals surface area contributed by atoms with Crippen molar-refractivity contribution in [3.8, 4) is 0 Å². The van der Waals surface area contributed by atoms with Gasteiger partial charge in [0, 0.05) is 0 Å². The van der Waals surface area contributed by atoms with Gasteiger partial charge in [-0.2, -0.15) is 0 Å². The second-order valence-corrected chi connectivity index (χ2v) is 6.39. The van der Waals surface area contributed by atoms with E-state index in [0.29, 0.717) is 5.41 Å². The van der Waals surface area contributed by atoms with Crippen LogP contribution < -0.4 is 5.73 Å². The van der Waals surface area contributed by atoms with Gasteiger partial charge < -0.3 is 5.73 Å². The summed E-state index contributed by atoms with van der Waals surface area (Å²) >= 11 is 0. The van der Waals surface area contributed by atoms with Gasteiger partial charge in [-0.25, -0.2) is 0 Å². The van der Waals surface area contributed by atoms with Crippen LogP contribution in [0.3, 0.4) is 0 Å². The van der Waals surface area contributed by atoms with Crippen molar-refractivity contribution in [2.75, 3.05) is 6.54 Å². The van der Waals surface area contributed by atoms with Gasteiger partial charge in [-0.1, -0.05) is 38.1 Å². The Kier molecular flexibility index (Phi) is 2.55. The van der Waals surface area contributed by atoms with Crippen LogP contribution in [0.4, 0.5) is 0 Å². The van der Waals surface area contributed by atoms with Crippen molar-refractivity contribution in [2.45, 2.75) is 39.0 Å². The molecule has 1 aromatic carbocycles. The fourth-order valence-electron chi connectivity index (χ4n) is 4.20. The maximum absolute atomic E-state index is 5.93. The zero-order valence-corrected chi connectivity index (χ0v) is 10.9. The van der Waals surface area contributed by atoms with Crippen molar-refractivity contribution < 1.29 is 0 Å². The van der Waals surface area contributed by atoms with Gasteiger partial charge in [0.1, 0.15) is 0 Å². The summed E-state index contributed by atoms with van der Waals surface area (Å²) in [4.78, 5) is 0. The average molecular weight is 229 g/mol. The van der Waals surface area contributed by atoms with Crippen LogP contribution in [-0.4, -0.2) is 6.54 Å². The van der Waals surface area contributed by atoms with Crippen molar-refractivity contribution in [1.29, 1.82) is 0 Å². The van der Waals surface area contributed by atoms with Crippen molar-refractivity contribution >= 4 is 0 Å². The highest BCUT2D eigenvalue weighted by atomic mass is 14.7. The number of rotatable bonds is 2. The Morgan fingerprint density at radius 2 is 2.06 bits per heavy atom. The van der Waals surface area contributed by atoms with Gasteiger partial charge in [0.25, 0.3) is 0 Å². The van der Waals surface area contributed by atoms with Gasteiger partial charge in [0.05, 0.1) is 0 Å². The largest absolute Gasteiger partial charge is 0.330 e. The molecule has 0 radical (unpaired) electrons. The van der Waals surface area contributed by atoms with Crippen LogP contribution in [0.2, 0.25) is 0 Å². The van der Waals surface area contributed by atoms with E-state index in [1.165, 1.54) is 19.3 Å². The number of aryl methyl sites for hydroxylation is 1. The van der Waals surface area contributed by atoms with Gasteiger partial charge >= 0.3 is 0 Å². The molecule has 17 heavy (non-hydrogen) atoms. The van der Waals surface area contributed by atoms with Crippen LogP contribution in [0.25, 0.3) is 0 Å². The summed E-state index contributed by atoms with van der Waals surface area (Å²) in [5, 5.41) is 0. The molecule has 2 aliphatic carbocycles. The van der Waals surface area contributed by atoms with E-state index < -0.39 is 0 Å². The van der Waals surface area contributed by atoms with Crippen molar-refractivity contribution in [2.24, 2.45) is 23.0 Å². The van der Waals surface area contributed by atoms with E-state index in [2.05, 4.69) is 38.1 Å². The van der Waals surface area contributed by atoms with E-state index in [1.807, 2.05) is 0 Å². The molecule has 0 amide bonds. The fraction of sp³-hybridized carbons (Fsp3) is 0.625. The van der Waals surface area contributed by atoms with Crippen molar-refractivity contribution in [3.05, 3.63) is 35.4 Å².